The van der Waals surface area contributed by atoms with E-state index in [2.05, 4.69) is 40.0 Å². The maximum absolute atomic E-state index is 4.38. The average molecular weight is 274 g/mol. The molecule has 0 saturated heterocycles. The van der Waals surface area contributed by atoms with Gasteiger partial charge in [0.25, 0.3) is 0 Å². The number of thiazole rings is 1. The molecular weight excluding hydrogens is 266 g/mol. The van der Waals surface area contributed by atoms with Crippen molar-refractivity contribution < 1.29 is 0 Å². The third kappa shape index (κ3) is 2.00. The van der Waals surface area contributed by atoms with Crippen LogP contribution in [0.5, 0.6) is 0 Å². The van der Waals surface area contributed by atoms with Gasteiger partial charge in [-0.3, -0.25) is 0 Å². The Morgan fingerprint density at radius 2 is 2.23 bits per heavy atom. The summed E-state index contributed by atoms with van der Waals surface area (Å²) in [5.41, 5.74) is 0. The first-order chi connectivity index (χ1) is 6.29. The zero-order valence-corrected chi connectivity index (χ0v) is 10.3. The normalized spacial score (nSPS) is 10.6. The molecule has 2 aromatic heterocycles. The Labute approximate surface area is 93.6 Å². The molecule has 2 rings (SSSR count). The zero-order chi connectivity index (χ0) is 9.26. The fourth-order valence-corrected chi connectivity index (χ4v) is 3.31. The fourth-order valence-electron chi connectivity index (χ4n) is 1.01. The highest BCUT2D eigenvalue weighted by Gasteiger charge is 2.05. The minimum absolute atomic E-state index is 1.07. The molecule has 68 valence electrons. The quantitative estimate of drug-likeness (QED) is 0.800. The molecule has 0 aliphatic heterocycles. The molecule has 0 spiro atoms. The molecule has 2 aromatic rings. The van der Waals surface area contributed by atoms with Crippen LogP contribution in [0, 0.1) is 0 Å². The minimum atomic E-state index is 1.07. The second-order valence-electron chi connectivity index (χ2n) is 2.59. The van der Waals surface area contributed by atoms with E-state index in [9.17, 15) is 0 Å². The summed E-state index contributed by atoms with van der Waals surface area (Å²) in [7, 11) is 0. The summed E-state index contributed by atoms with van der Waals surface area (Å²) in [4.78, 5) is 6.97. The molecule has 0 aliphatic carbocycles. The Balaban J connectivity index is 2.35. The van der Waals surface area contributed by atoms with Crippen molar-refractivity contribution >= 4 is 38.6 Å². The van der Waals surface area contributed by atoms with Crippen molar-refractivity contribution in [2.24, 2.45) is 0 Å². The first-order valence-corrected chi connectivity index (χ1v) is 6.42. The van der Waals surface area contributed by atoms with Crippen LogP contribution in [0.3, 0.4) is 0 Å². The molecule has 0 aliphatic rings. The van der Waals surface area contributed by atoms with Crippen molar-refractivity contribution in [1.82, 2.24) is 4.98 Å². The molecule has 0 atom stereocenters. The number of halogens is 1. The summed E-state index contributed by atoms with van der Waals surface area (Å²) in [6.45, 7) is 2.15. The van der Waals surface area contributed by atoms with Crippen molar-refractivity contribution in [2.75, 3.05) is 0 Å². The number of hydrogen-bond donors (Lipinski definition) is 0. The van der Waals surface area contributed by atoms with Crippen LogP contribution in [0.25, 0.3) is 9.88 Å². The SMILES string of the molecule is CCc1cnc(-c2ccc(Br)s2)s1. The van der Waals surface area contributed by atoms with Gasteiger partial charge in [0.2, 0.25) is 0 Å². The van der Waals surface area contributed by atoms with Crippen molar-refractivity contribution in [2.45, 2.75) is 13.3 Å². The molecule has 1 nitrogen and oxygen atoms in total. The van der Waals surface area contributed by atoms with Crippen LogP contribution in [0.2, 0.25) is 0 Å². The highest BCUT2D eigenvalue weighted by Crippen LogP contribution is 2.33. The smallest absolute Gasteiger partial charge is 0.133 e. The molecule has 0 aromatic carbocycles. The highest BCUT2D eigenvalue weighted by atomic mass is 79.9. The van der Waals surface area contributed by atoms with Gasteiger partial charge in [-0.1, -0.05) is 6.92 Å². The molecule has 0 radical (unpaired) electrons. The van der Waals surface area contributed by atoms with Crippen molar-refractivity contribution in [3.63, 3.8) is 0 Å². The van der Waals surface area contributed by atoms with Crippen LogP contribution >= 0.6 is 38.6 Å². The summed E-state index contributed by atoms with van der Waals surface area (Å²) in [6.07, 6.45) is 3.04. The van der Waals surface area contributed by atoms with Gasteiger partial charge in [0, 0.05) is 11.1 Å². The molecule has 0 fully saturated rings. The average Bonchev–Trinajstić information content (AvgIpc) is 2.71. The Bertz CT molecular complexity index is 405. The minimum Gasteiger partial charge on any atom is -0.243 e. The molecule has 4 heteroatoms. The number of nitrogens with zero attached hydrogens (tertiary/aromatic N) is 1. The van der Waals surface area contributed by atoms with E-state index >= 15 is 0 Å². The van der Waals surface area contributed by atoms with Gasteiger partial charge >= 0.3 is 0 Å². The number of aryl methyl sites for hydroxylation is 1. The summed E-state index contributed by atoms with van der Waals surface area (Å²) in [5.74, 6) is 0. The summed E-state index contributed by atoms with van der Waals surface area (Å²) in [6, 6.07) is 4.17. The van der Waals surface area contributed by atoms with Gasteiger partial charge in [0.1, 0.15) is 5.01 Å². The third-order valence-corrected chi connectivity index (χ3v) is 4.62. The largest absolute Gasteiger partial charge is 0.243 e. The fraction of sp³-hybridized carbons (Fsp3) is 0.222. The first kappa shape index (κ1) is 9.37. The molecular formula is C9H8BrNS2. The van der Waals surface area contributed by atoms with Crippen molar-refractivity contribution in [1.29, 1.82) is 0 Å². The van der Waals surface area contributed by atoms with E-state index in [1.54, 1.807) is 22.7 Å². The van der Waals surface area contributed by atoms with Crippen LogP contribution in [0.15, 0.2) is 22.1 Å². The molecule has 0 amide bonds. The van der Waals surface area contributed by atoms with E-state index < -0.39 is 0 Å². The summed E-state index contributed by atoms with van der Waals surface area (Å²) in [5, 5.41) is 1.13. The molecule has 0 saturated carbocycles. The molecule has 0 N–H and O–H groups in total. The van der Waals surface area contributed by atoms with Gasteiger partial charge < -0.3 is 0 Å². The van der Waals surface area contributed by atoms with E-state index in [4.69, 9.17) is 0 Å². The Kier molecular flexibility index (Phi) is 2.81. The maximum atomic E-state index is 4.38. The van der Waals surface area contributed by atoms with Gasteiger partial charge in [0.15, 0.2) is 0 Å². The van der Waals surface area contributed by atoms with E-state index in [0.29, 0.717) is 0 Å². The third-order valence-electron chi connectivity index (χ3n) is 1.69. The Morgan fingerprint density at radius 1 is 1.38 bits per heavy atom. The Hall–Kier alpha value is -0.190. The van der Waals surface area contributed by atoms with Crippen LogP contribution in [0.4, 0.5) is 0 Å². The van der Waals surface area contributed by atoms with Crippen molar-refractivity contribution in [3.8, 4) is 9.88 Å². The van der Waals surface area contributed by atoms with Crippen molar-refractivity contribution in [3.05, 3.63) is 27.0 Å². The lowest BCUT2D eigenvalue weighted by Gasteiger charge is -1.85. The Morgan fingerprint density at radius 3 is 2.77 bits per heavy atom. The molecule has 2 heterocycles. The molecule has 0 bridgehead atoms. The number of hydrogen-bond acceptors (Lipinski definition) is 3. The summed E-state index contributed by atoms with van der Waals surface area (Å²) >= 11 is 6.96. The van der Waals surface area contributed by atoms with E-state index in [-0.39, 0.29) is 0 Å². The molecule has 13 heavy (non-hydrogen) atoms. The first-order valence-electron chi connectivity index (χ1n) is 4.00. The van der Waals surface area contributed by atoms with Gasteiger partial charge in [-0.25, -0.2) is 4.98 Å². The second kappa shape index (κ2) is 3.90. The summed E-state index contributed by atoms with van der Waals surface area (Å²) < 4.78 is 1.16. The highest BCUT2D eigenvalue weighted by molar-refractivity contribution is 9.11. The standard InChI is InChI=1S/C9H8BrNS2/c1-2-6-5-11-9(12-6)7-3-4-8(10)13-7/h3-5H,2H2,1H3. The lowest BCUT2D eigenvalue weighted by Crippen LogP contribution is -1.65. The van der Waals surface area contributed by atoms with Crippen LogP contribution in [0.1, 0.15) is 11.8 Å². The number of aromatic nitrogens is 1. The second-order valence-corrected chi connectivity index (χ2v) is 6.17. The van der Waals surface area contributed by atoms with Gasteiger partial charge in [-0.05, 0) is 34.5 Å². The number of thiophene rings is 1. The van der Waals surface area contributed by atoms with Gasteiger partial charge in [-0.2, -0.15) is 0 Å². The zero-order valence-electron chi connectivity index (χ0n) is 7.08. The predicted molar refractivity (Wildman–Crippen MR) is 62.5 cm³/mol. The maximum Gasteiger partial charge on any atom is 0.133 e. The van der Waals surface area contributed by atoms with Crippen LogP contribution in [-0.2, 0) is 6.42 Å². The van der Waals surface area contributed by atoms with Gasteiger partial charge in [0.05, 0.1) is 8.66 Å². The van der Waals surface area contributed by atoms with E-state index in [0.717, 1.165) is 15.2 Å². The molecule has 0 unspecified atom stereocenters. The van der Waals surface area contributed by atoms with E-state index in [1.807, 2.05) is 6.20 Å². The monoisotopic (exact) mass is 273 g/mol. The topological polar surface area (TPSA) is 12.9 Å². The lowest BCUT2D eigenvalue weighted by atomic mass is 10.4. The van der Waals surface area contributed by atoms with Crippen LogP contribution in [-0.4, -0.2) is 4.98 Å². The lowest BCUT2D eigenvalue weighted by molar-refractivity contribution is 1.17. The number of rotatable bonds is 2. The predicted octanol–water partition coefficient (Wildman–Crippen LogP) is 4.20. The van der Waals surface area contributed by atoms with Crippen LogP contribution < -0.4 is 0 Å². The van der Waals surface area contributed by atoms with Gasteiger partial charge in [-0.15, -0.1) is 22.7 Å². The van der Waals surface area contributed by atoms with E-state index in [1.165, 1.54) is 9.75 Å².